The molecule has 13 aromatic rings. The van der Waals surface area contributed by atoms with Crippen molar-refractivity contribution < 1.29 is 0 Å². The summed E-state index contributed by atoms with van der Waals surface area (Å²) in [5, 5.41) is 35.1. The molecule has 0 aliphatic carbocycles. The van der Waals surface area contributed by atoms with Crippen LogP contribution in [-0.2, 0) is 6.42 Å². The molecule has 0 aliphatic heterocycles. The fourth-order valence-corrected chi connectivity index (χ4v) is 11.6. The predicted molar refractivity (Wildman–Crippen MR) is 327 cm³/mol. The molecular weight excluding hydrogens is 1080 g/mol. The molecule has 0 amide bonds. The van der Waals surface area contributed by atoms with Gasteiger partial charge in [-0.05, 0) is 165 Å². The van der Waals surface area contributed by atoms with E-state index < -0.39 is 0 Å². The lowest BCUT2D eigenvalue weighted by Gasteiger charge is -2.18. The van der Waals surface area contributed by atoms with E-state index in [0.717, 1.165) is 128 Å². The minimum atomic E-state index is 0.449. The maximum Gasteiger partial charge on any atom is 0.166 e. The molecule has 9 heteroatoms. The van der Waals surface area contributed by atoms with Crippen LogP contribution in [0.4, 0.5) is 0 Å². The van der Waals surface area contributed by atoms with Gasteiger partial charge in [0, 0.05) is 41.8 Å². The van der Waals surface area contributed by atoms with Gasteiger partial charge in [-0.3, -0.25) is 0 Å². The number of aryl methyl sites for hydroxylation is 1. The molecule has 0 unspecified atom stereocenters. The summed E-state index contributed by atoms with van der Waals surface area (Å²) in [6.45, 7) is 2.23. The lowest BCUT2D eigenvalue weighted by molar-refractivity contribution is 0.796. The van der Waals surface area contributed by atoms with E-state index in [-0.39, 0.29) is 0 Å². The second-order valence-corrected chi connectivity index (χ2v) is 20.9. The number of hydrogen-bond acceptors (Lipinski definition) is 6. The normalized spacial score (nSPS) is 11.3. The van der Waals surface area contributed by atoms with E-state index >= 15 is 0 Å². The van der Waals surface area contributed by atoms with Crippen LogP contribution in [0.3, 0.4) is 0 Å². The van der Waals surface area contributed by atoms with Crippen molar-refractivity contribution in [2.45, 2.75) is 26.2 Å². The first-order chi connectivity index (χ1) is 38.9. The first-order valence-electron chi connectivity index (χ1n) is 26.3. The molecule has 3 heterocycles. The Labute approximate surface area is 470 Å². The second kappa shape index (κ2) is 20.5. The van der Waals surface area contributed by atoms with Crippen molar-refractivity contribution in [3.63, 3.8) is 0 Å². The summed E-state index contributed by atoms with van der Waals surface area (Å²) in [5.74, 6) is 1.37. The van der Waals surface area contributed by atoms with Crippen molar-refractivity contribution in [3.05, 3.63) is 244 Å². The van der Waals surface area contributed by atoms with Gasteiger partial charge in [-0.15, -0.1) is 0 Å². The molecule has 372 valence electrons. The highest BCUT2D eigenvalue weighted by molar-refractivity contribution is 14.1. The van der Waals surface area contributed by atoms with Gasteiger partial charge in [0.1, 0.15) is 0 Å². The van der Waals surface area contributed by atoms with Crippen molar-refractivity contribution in [3.8, 4) is 97.1 Å². The van der Waals surface area contributed by atoms with E-state index in [9.17, 15) is 15.8 Å². The van der Waals surface area contributed by atoms with E-state index in [4.69, 9.17) is 15.0 Å². The highest BCUT2D eigenvalue weighted by Crippen LogP contribution is 2.42. The Morgan fingerprint density at radius 3 is 1.48 bits per heavy atom. The lowest BCUT2D eigenvalue weighted by atomic mass is 9.97. The summed E-state index contributed by atoms with van der Waals surface area (Å²) in [6, 6.07) is 81.3. The van der Waals surface area contributed by atoms with Crippen molar-refractivity contribution >= 4 is 66.2 Å². The molecule has 0 saturated carbocycles. The van der Waals surface area contributed by atoms with Gasteiger partial charge < -0.3 is 9.13 Å². The quantitative estimate of drug-likeness (QED) is 0.119. The predicted octanol–water partition coefficient (Wildman–Crippen LogP) is 17.6. The molecule has 0 radical (unpaired) electrons. The molecule has 0 saturated heterocycles. The van der Waals surface area contributed by atoms with Crippen molar-refractivity contribution in [1.82, 2.24) is 24.1 Å². The third-order valence-electron chi connectivity index (χ3n) is 15.0. The Hall–Kier alpha value is -9.99. The summed E-state index contributed by atoms with van der Waals surface area (Å²) < 4.78 is 5.74. The SMILES string of the molecule is CCCCc1ccc2c(c1)c1ccccc1n2-c1cc(-c2ccccc2C#N)ccc1-c1nc(-c2ccc(-c3cccc(C#N)c3)cc2)nc(-c2ccc(-c3ccccc3C#N)cc2-n2c3ccccc3c3cc(I)ccc32)n1. The van der Waals surface area contributed by atoms with E-state index in [2.05, 4.69) is 178 Å². The maximum absolute atomic E-state index is 10.4. The van der Waals surface area contributed by atoms with Crippen LogP contribution in [0.25, 0.3) is 123 Å². The number of benzene rings is 10. The van der Waals surface area contributed by atoms with Crippen LogP contribution in [0.5, 0.6) is 0 Å². The van der Waals surface area contributed by atoms with E-state index in [0.29, 0.717) is 34.2 Å². The number of nitrogens with zero attached hydrogens (tertiary/aromatic N) is 8. The Balaban J connectivity index is 1.11. The fourth-order valence-electron chi connectivity index (χ4n) is 11.2. The number of nitriles is 3. The van der Waals surface area contributed by atoms with Gasteiger partial charge in [0.2, 0.25) is 0 Å². The summed E-state index contributed by atoms with van der Waals surface area (Å²) in [4.78, 5) is 16.5. The van der Waals surface area contributed by atoms with Crippen LogP contribution in [-0.4, -0.2) is 24.1 Å². The van der Waals surface area contributed by atoms with Gasteiger partial charge in [0.25, 0.3) is 0 Å². The molecule has 0 spiro atoms. The van der Waals surface area contributed by atoms with E-state index in [1.807, 2.05) is 97.1 Å². The fraction of sp³-hybridized carbons (Fsp3) is 0.0571. The number of aromatic nitrogens is 5. The van der Waals surface area contributed by atoms with Crippen LogP contribution < -0.4 is 0 Å². The molecule has 13 rings (SSSR count). The van der Waals surface area contributed by atoms with Gasteiger partial charge in [0.15, 0.2) is 17.5 Å². The minimum absolute atomic E-state index is 0.449. The van der Waals surface area contributed by atoms with E-state index in [1.165, 1.54) is 5.56 Å². The van der Waals surface area contributed by atoms with Crippen LogP contribution >= 0.6 is 22.6 Å². The Morgan fingerprint density at radius 1 is 0.392 bits per heavy atom. The third-order valence-corrected chi connectivity index (χ3v) is 15.6. The molecule has 0 aliphatic rings. The number of hydrogen-bond donors (Lipinski definition) is 0. The molecule has 0 fully saturated rings. The first-order valence-corrected chi connectivity index (χ1v) is 27.3. The standard InChI is InChI=1S/C70H45IN8/c1-2-3-13-44-24-34-64-60(37-44)56-20-8-10-22-62(56)78(64)66-38-49(54-18-6-4-15-51(54)42-73)29-32-58(66)69-75-68(47-27-25-46(26-28-47)48-17-12-14-45(36-48)41-72)76-70(77-69)59-33-30-50(55-19-7-5-16-52(55)43-74)39-67(59)79-63-23-11-9-21-57(63)61-40-53(71)31-35-65(61)79/h4-12,14-40H,2-3,13H2,1H3. The highest BCUT2D eigenvalue weighted by atomic mass is 127. The number of fused-ring (bicyclic) bond motifs is 6. The Kier molecular flexibility index (Phi) is 12.6. The molecule has 0 bridgehead atoms. The molecule has 79 heavy (non-hydrogen) atoms. The van der Waals surface area contributed by atoms with Gasteiger partial charge in [-0.25, -0.2) is 15.0 Å². The number of rotatable bonds is 11. The van der Waals surface area contributed by atoms with Gasteiger partial charge in [-0.2, -0.15) is 15.8 Å². The summed E-state index contributed by atoms with van der Waals surface area (Å²) in [5.41, 5.74) is 16.3. The zero-order valence-corrected chi connectivity index (χ0v) is 45.0. The van der Waals surface area contributed by atoms with Crippen LogP contribution in [0.2, 0.25) is 0 Å². The van der Waals surface area contributed by atoms with Gasteiger partial charge >= 0.3 is 0 Å². The Bertz CT molecular complexity index is 4720. The second-order valence-electron chi connectivity index (χ2n) is 19.7. The average Bonchev–Trinajstić information content (AvgIpc) is 4.27. The first kappa shape index (κ1) is 48.6. The number of unbranched alkanes of at least 4 members (excludes halogenated alkanes) is 1. The largest absolute Gasteiger partial charge is 0.308 e. The summed E-state index contributed by atoms with van der Waals surface area (Å²) in [7, 11) is 0. The highest BCUT2D eigenvalue weighted by Gasteiger charge is 2.24. The zero-order valence-electron chi connectivity index (χ0n) is 42.9. The summed E-state index contributed by atoms with van der Waals surface area (Å²) >= 11 is 2.38. The molecule has 3 aromatic heterocycles. The molecule has 10 aromatic carbocycles. The Morgan fingerprint density at radius 2 is 0.899 bits per heavy atom. The van der Waals surface area contributed by atoms with Crippen LogP contribution in [0, 0.1) is 37.6 Å². The maximum atomic E-state index is 10.4. The average molecular weight is 1130 g/mol. The zero-order chi connectivity index (χ0) is 53.6. The monoisotopic (exact) mass is 1120 g/mol. The summed E-state index contributed by atoms with van der Waals surface area (Å²) in [6.07, 6.45) is 3.20. The van der Waals surface area contributed by atoms with E-state index in [1.54, 1.807) is 0 Å². The van der Waals surface area contributed by atoms with Crippen LogP contribution in [0.15, 0.2) is 218 Å². The molecule has 0 atom stereocenters. The number of para-hydroxylation sites is 2. The molecule has 0 N–H and O–H groups in total. The smallest absolute Gasteiger partial charge is 0.166 e. The molecule has 8 nitrogen and oxygen atoms in total. The van der Waals surface area contributed by atoms with Crippen molar-refractivity contribution in [2.24, 2.45) is 0 Å². The van der Waals surface area contributed by atoms with Crippen molar-refractivity contribution in [2.75, 3.05) is 0 Å². The van der Waals surface area contributed by atoms with Crippen LogP contribution in [0.1, 0.15) is 42.0 Å². The minimum Gasteiger partial charge on any atom is -0.308 e. The number of halogens is 1. The van der Waals surface area contributed by atoms with Gasteiger partial charge in [0.05, 0.1) is 68.3 Å². The van der Waals surface area contributed by atoms with Gasteiger partial charge in [-0.1, -0.05) is 141 Å². The topological polar surface area (TPSA) is 120 Å². The lowest BCUT2D eigenvalue weighted by Crippen LogP contribution is -2.06. The van der Waals surface area contributed by atoms with Crippen molar-refractivity contribution in [1.29, 1.82) is 15.8 Å². The molecular formula is C70H45IN8. The third kappa shape index (κ3) is 8.75.